The predicted molar refractivity (Wildman–Crippen MR) is 89.7 cm³/mol. The maximum atomic E-state index is 11.9. The Morgan fingerprint density at radius 3 is 2.88 bits per heavy atom. The second kappa shape index (κ2) is 6.40. The first-order valence-electron chi connectivity index (χ1n) is 7.66. The van der Waals surface area contributed by atoms with Crippen LogP contribution in [0.15, 0.2) is 41.0 Å². The summed E-state index contributed by atoms with van der Waals surface area (Å²) < 4.78 is 5.43. The fourth-order valence-electron chi connectivity index (χ4n) is 2.19. The van der Waals surface area contributed by atoms with Crippen LogP contribution >= 0.6 is 11.3 Å². The van der Waals surface area contributed by atoms with Gasteiger partial charge >= 0.3 is 6.03 Å². The Kier molecular flexibility index (Phi) is 3.96. The highest BCUT2D eigenvalue weighted by Crippen LogP contribution is 2.41. The molecule has 1 aliphatic carbocycles. The Labute approximate surface area is 142 Å². The molecule has 3 aromatic rings. The predicted octanol–water partition coefficient (Wildman–Crippen LogP) is 3.39. The van der Waals surface area contributed by atoms with Crippen LogP contribution in [0.25, 0.3) is 11.5 Å². The number of anilines is 1. The molecule has 2 heterocycles. The van der Waals surface area contributed by atoms with Gasteiger partial charge in [-0.2, -0.15) is 0 Å². The Morgan fingerprint density at radius 2 is 2.08 bits per heavy atom. The third-order valence-electron chi connectivity index (χ3n) is 3.59. The summed E-state index contributed by atoms with van der Waals surface area (Å²) in [5.41, 5.74) is 1.55. The lowest BCUT2D eigenvalue weighted by atomic mass is 10.2. The number of nitrogens with one attached hydrogen (secondary N) is 2. The van der Waals surface area contributed by atoms with Crippen LogP contribution in [0.3, 0.4) is 0 Å². The molecule has 2 aromatic heterocycles. The summed E-state index contributed by atoms with van der Waals surface area (Å²) in [5, 5.41) is 15.0. The van der Waals surface area contributed by atoms with Crippen LogP contribution in [-0.2, 0) is 6.54 Å². The minimum atomic E-state index is -0.335. The number of oxazole rings is 1. The van der Waals surface area contributed by atoms with Gasteiger partial charge < -0.3 is 9.73 Å². The molecular weight excluding hydrogens is 326 g/mol. The van der Waals surface area contributed by atoms with Gasteiger partial charge in [0, 0.05) is 11.5 Å². The first-order chi connectivity index (χ1) is 11.8. The van der Waals surface area contributed by atoms with E-state index < -0.39 is 0 Å². The van der Waals surface area contributed by atoms with Crippen molar-refractivity contribution in [3.05, 3.63) is 47.3 Å². The molecule has 0 saturated heterocycles. The number of carbonyl (C=O) groups is 1. The van der Waals surface area contributed by atoms with Crippen LogP contribution in [0.1, 0.15) is 29.5 Å². The second-order valence-electron chi connectivity index (χ2n) is 5.54. The van der Waals surface area contributed by atoms with Gasteiger partial charge in [-0.1, -0.05) is 29.5 Å². The number of aromatic nitrogens is 3. The molecule has 2 amide bonds. The Balaban J connectivity index is 1.31. The Hall–Kier alpha value is -2.74. The van der Waals surface area contributed by atoms with Crippen molar-refractivity contribution in [2.24, 2.45) is 0 Å². The van der Waals surface area contributed by atoms with E-state index in [-0.39, 0.29) is 12.6 Å². The molecule has 0 atom stereocenters. The number of hydrogen-bond donors (Lipinski definition) is 2. The van der Waals surface area contributed by atoms with Crippen molar-refractivity contribution >= 4 is 22.5 Å². The first kappa shape index (κ1) is 14.8. The standard InChI is InChI=1S/C16H15N5O2S/c22-15(19-16-21-20-14(24-16)11-6-7-11)17-8-12-9-23-13(18-12)10-4-2-1-3-5-10/h1-5,9,11H,6-8H2,(H2,17,19,21,22). The van der Waals surface area contributed by atoms with Gasteiger partial charge in [0.2, 0.25) is 11.0 Å². The number of carbonyl (C=O) groups excluding carboxylic acids is 1. The summed E-state index contributed by atoms with van der Waals surface area (Å²) in [7, 11) is 0. The van der Waals surface area contributed by atoms with E-state index in [1.54, 1.807) is 6.26 Å². The molecule has 0 spiro atoms. The first-order valence-corrected chi connectivity index (χ1v) is 8.47. The molecule has 2 N–H and O–H groups in total. The summed E-state index contributed by atoms with van der Waals surface area (Å²) >= 11 is 1.43. The van der Waals surface area contributed by atoms with Crippen molar-refractivity contribution in [1.82, 2.24) is 20.5 Å². The van der Waals surface area contributed by atoms with E-state index in [1.165, 1.54) is 11.3 Å². The molecule has 122 valence electrons. The largest absolute Gasteiger partial charge is 0.444 e. The molecular formula is C16H15N5O2S. The Bertz CT molecular complexity index is 841. The van der Waals surface area contributed by atoms with Crippen LogP contribution in [0.5, 0.6) is 0 Å². The minimum absolute atomic E-state index is 0.274. The second-order valence-corrected chi connectivity index (χ2v) is 6.55. The maximum Gasteiger partial charge on any atom is 0.321 e. The van der Waals surface area contributed by atoms with Gasteiger partial charge in [0.05, 0.1) is 12.2 Å². The third kappa shape index (κ3) is 3.43. The molecule has 4 rings (SSSR count). The van der Waals surface area contributed by atoms with E-state index >= 15 is 0 Å². The van der Waals surface area contributed by atoms with Crippen LogP contribution in [-0.4, -0.2) is 21.2 Å². The monoisotopic (exact) mass is 341 g/mol. The lowest BCUT2D eigenvalue weighted by Gasteiger charge is -2.02. The topological polar surface area (TPSA) is 92.9 Å². The normalized spacial score (nSPS) is 13.7. The third-order valence-corrected chi connectivity index (χ3v) is 4.59. The molecule has 0 radical (unpaired) electrons. The Morgan fingerprint density at radius 1 is 1.25 bits per heavy atom. The van der Waals surface area contributed by atoms with Crippen molar-refractivity contribution in [3.63, 3.8) is 0 Å². The van der Waals surface area contributed by atoms with Gasteiger partial charge in [0.1, 0.15) is 11.3 Å². The molecule has 1 aromatic carbocycles. The van der Waals surface area contributed by atoms with Crippen LogP contribution in [0.2, 0.25) is 0 Å². The van der Waals surface area contributed by atoms with E-state index in [9.17, 15) is 4.79 Å². The molecule has 1 saturated carbocycles. The van der Waals surface area contributed by atoms with Crippen molar-refractivity contribution in [3.8, 4) is 11.5 Å². The zero-order valence-electron chi connectivity index (χ0n) is 12.7. The average molecular weight is 341 g/mol. The van der Waals surface area contributed by atoms with Crippen molar-refractivity contribution < 1.29 is 9.21 Å². The molecule has 0 bridgehead atoms. The minimum Gasteiger partial charge on any atom is -0.444 e. The number of benzene rings is 1. The lowest BCUT2D eigenvalue weighted by molar-refractivity contribution is 0.251. The lowest BCUT2D eigenvalue weighted by Crippen LogP contribution is -2.28. The smallest absolute Gasteiger partial charge is 0.321 e. The summed E-state index contributed by atoms with van der Waals surface area (Å²) in [4.78, 5) is 16.3. The summed E-state index contributed by atoms with van der Waals surface area (Å²) in [6, 6.07) is 9.27. The van der Waals surface area contributed by atoms with E-state index in [2.05, 4.69) is 25.8 Å². The highest BCUT2D eigenvalue weighted by atomic mass is 32.1. The quantitative estimate of drug-likeness (QED) is 0.742. The van der Waals surface area contributed by atoms with E-state index in [0.29, 0.717) is 22.6 Å². The van der Waals surface area contributed by atoms with Crippen LogP contribution in [0.4, 0.5) is 9.93 Å². The summed E-state index contributed by atoms with van der Waals surface area (Å²) in [5.74, 6) is 1.07. The number of hydrogen-bond acceptors (Lipinski definition) is 6. The van der Waals surface area contributed by atoms with E-state index in [4.69, 9.17) is 4.42 Å². The van der Waals surface area contributed by atoms with E-state index in [1.807, 2.05) is 30.3 Å². The fourth-order valence-corrected chi connectivity index (χ4v) is 3.10. The van der Waals surface area contributed by atoms with Crippen molar-refractivity contribution in [1.29, 1.82) is 0 Å². The molecule has 8 heteroatoms. The molecule has 7 nitrogen and oxygen atoms in total. The number of rotatable bonds is 5. The molecule has 0 unspecified atom stereocenters. The van der Waals surface area contributed by atoms with Crippen LogP contribution in [0, 0.1) is 0 Å². The average Bonchev–Trinajstić information content (AvgIpc) is 3.17. The van der Waals surface area contributed by atoms with Gasteiger partial charge in [-0.3, -0.25) is 5.32 Å². The maximum absolute atomic E-state index is 11.9. The number of urea groups is 1. The van der Waals surface area contributed by atoms with Gasteiger partial charge in [0.15, 0.2) is 0 Å². The van der Waals surface area contributed by atoms with Gasteiger partial charge in [-0.25, -0.2) is 9.78 Å². The highest BCUT2D eigenvalue weighted by molar-refractivity contribution is 7.15. The van der Waals surface area contributed by atoms with E-state index in [0.717, 1.165) is 23.4 Å². The molecule has 24 heavy (non-hydrogen) atoms. The summed E-state index contributed by atoms with van der Waals surface area (Å²) in [6.45, 7) is 0.274. The molecule has 0 aliphatic heterocycles. The highest BCUT2D eigenvalue weighted by Gasteiger charge is 2.27. The molecule has 1 aliphatic rings. The summed E-state index contributed by atoms with van der Waals surface area (Å²) in [6.07, 6.45) is 3.87. The fraction of sp³-hybridized carbons (Fsp3) is 0.250. The SMILES string of the molecule is O=C(NCc1coc(-c2ccccc2)n1)Nc1nnc(C2CC2)s1. The zero-order chi connectivity index (χ0) is 16.4. The van der Waals surface area contributed by atoms with Gasteiger partial charge in [-0.15, -0.1) is 10.2 Å². The number of amides is 2. The van der Waals surface area contributed by atoms with Gasteiger partial charge in [-0.05, 0) is 25.0 Å². The van der Waals surface area contributed by atoms with Crippen LogP contribution < -0.4 is 10.6 Å². The zero-order valence-corrected chi connectivity index (χ0v) is 13.5. The number of nitrogens with zero attached hydrogens (tertiary/aromatic N) is 3. The van der Waals surface area contributed by atoms with Crippen molar-refractivity contribution in [2.45, 2.75) is 25.3 Å². The van der Waals surface area contributed by atoms with Crippen molar-refractivity contribution in [2.75, 3.05) is 5.32 Å². The molecule has 1 fully saturated rings. The van der Waals surface area contributed by atoms with Gasteiger partial charge in [0.25, 0.3) is 0 Å².